The van der Waals surface area contributed by atoms with Gasteiger partial charge in [-0.05, 0) is 13.3 Å². The number of carbonyl (C=O) groups is 1. The predicted molar refractivity (Wildman–Crippen MR) is 44.3 cm³/mol. The molecule has 0 fully saturated rings. The summed E-state index contributed by atoms with van der Waals surface area (Å²) in [6.45, 7) is 8.32. The molecule has 0 aromatic heterocycles. The summed E-state index contributed by atoms with van der Waals surface area (Å²) in [6, 6.07) is 0. The lowest BCUT2D eigenvalue weighted by Gasteiger charge is -2.18. The maximum absolute atomic E-state index is 11.0. The molecule has 0 rings (SSSR count). The molecule has 11 heavy (non-hydrogen) atoms. The number of aliphatic hydroxyl groups excluding tert-OH is 1. The van der Waals surface area contributed by atoms with Crippen molar-refractivity contribution >= 4 is 5.91 Å². The first-order chi connectivity index (χ1) is 5.13. The summed E-state index contributed by atoms with van der Waals surface area (Å²) in [5.74, 6) is -0.741. The molecule has 0 radical (unpaired) electrons. The van der Waals surface area contributed by atoms with Gasteiger partial charge in [0.05, 0.1) is 0 Å². The molecule has 3 nitrogen and oxygen atoms in total. The third-order valence-electron chi connectivity index (χ3n) is 1.41. The van der Waals surface area contributed by atoms with Crippen molar-refractivity contribution in [2.45, 2.75) is 20.3 Å². The second-order valence-electron chi connectivity index (χ2n) is 2.33. The molecule has 0 saturated heterocycles. The Bertz CT molecular complexity index is 154. The minimum Gasteiger partial charge on any atom is -0.503 e. The molecule has 0 heterocycles. The maximum atomic E-state index is 11.0. The fourth-order valence-electron chi connectivity index (χ4n) is 0.856. The number of carbonyl (C=O) groups excluding carboxylic acids is 1. The van der Waals surface area contributed by atoms with E-state index >= 15 is 0 Å². The Labute approximate surface area is 67.3 Å². The van der Waals surface area contributed by atoms with Gasteiger partial charge in [-0.3, -0.25) is 4.79 Å². The van der Waals surface area contributed by atoms with E-state index in [1.807, 2.05) is 13.8 Å². The van der Waals surface area contributed by atoms with E-state index in [4.69, 9.17) is 5.11 Å². The number of aliphatic hydroxyl groups is 1. The lowest BCUT2D eigenvalue weighted by atomic mass is 10.3. The lowest BCUT2D eigenvalue weighted by Crippen LogP contribution is -2.32. The topological polar surface area (TPSA) is 40.5 Å². The number of hydrogen-bond acceptors (Lipinski definition) is 2. The van der Waals surface area contributed by atoms with Crippen molar-refractivity contribution in [3.05, 3.63) is 12.3 Å². The minimum atomic E-state index is -0.375. The van der Waals surface area contributed by atoms with Crippen LogP contribution in [0.5, 0.6) is 0 Å². The summed E-state index contributed by atoms with van der Waals surface area (Å²) in [6.07, 6.45) is 0.896. The van der Waals surface area contributed by atoms with Crippen LogP contribution in [0.3, 0.4) is 0 Å². The molecule has 0 aliphatic carbocycles. The lowest BCUT2D eigenvalue weighted by molar-refractivity contribution is -0.129. The fourth-order valence-corrected chi connectivity index (χ4v) is 0.856. The van der Waals surface area contributed by atoms with Crippen molar-refractivity contribution < 1.29 is 9.90 Å². The number of likely N-dealkylation sites (N-methyl/N-ethyl adjacent to an activating group) is 1. The van der Waals surface area contributed by atoms with Crippen LogP contribution >= 0.6 is 0 Å². The second kappa shape index (κ2) is 4.77. The quantitative estimate of drug-likeness (QED) is 0.494. The monoisotopic (exact) mass is 157 g/mol. The Kier molecular flexibility index (Phi) is 4.34. The van der Waals surface area contributed by atoms with Crippen molar-refractivity contribution in [3.8, 4) is 0 Å². The highest BCUT2D eigenvalue weighted by molar-refractivity contribution is 5.90. The molecule has 0 aromatic carbocycles. The third kappa shape index (κ3) is 3.07. The van der Waals surface area contributed by atoms with E-state index in [0.717, 1.165) is 6.42 Å². The van der Waals surface area contributed by atoms with Crippen LogP contribution in [0.15, 0.2) is 12.3 Å². The van der Waals surface area contributed by atoms with E-state index < -0.39 is 0 Å². The molecule has 0 bridgehead atoms. The highest BCUT2D eigenvalue weighted by atomic mass is 16.3. The summed E-state index contributed by atoms with van der Waals surface area (Å²) >= 11 is 0. The van der Waals surface area contributed by atoms with Gasteiger partial charge in [-0.1, -0.05) is 13.5 Å². The number of rotatable bonds is 4. The van der Waals surface area contributed by atoms with Crippen LogP contribution in [0.1, 0.15) is 20.3 Å². The van der Waals surface area contributed by atoms with Gasteiger partial charge in [-0.25, -0.2) is 0 Å². The van der Waals surface area contributed by atoms with Crippen LogP contribution in [0.4, 0.5) is 0 Å². The summed E-state index contributed by atoms with van der Waals surface area (Å²) in [4.78, 5) is 12.6. The summed E-state index contributed by atoms with van der Waals surface area (Å²) in [7, 11) is 0. The van der Waals surface area contributed by atoms with Crippen molar-refractivity contribution in [1.29, 1.82) is 0 Å². The van der Waals surface area contributed by atoms with E-state index in [1.54, 1.807) is 4.90 Å². The number of amides is 1. The summed E-state index contributed by atoms with van der Waals surface area (Å²) < 4.78 is 0. The second-order valence-corrected chi connectivity index (χ2v) is 2.33. The highest BCUT2D eigenvalue weighted by Gasteiger charge is 2.12. The van der Waals surface area contributed by atoms with Gasteiger partial charge in [0.1, 0.15) is 0 Å². The molecule has 0 saturated carbocycles. The average Bonchev–Trinajstić information content (AvgIpc) is 1.98. The molecular formula is C8H15NO2. The Morgan fingerprint density at radius 3 is 2.36 bits per heavy atom. The largest absolute Gasteiger partial charge is 0.503 e. The maximum Gasteiger partial charge on any atom is 0.288 e. The molecule has 3 heteroatoms. The van der Waals surface area contributed by atoms with Crippen LogP contribution < -0.4 is 0 Å². The average molecular weight is 157 g/mol. The molecular weight excluding hydrogens is 142 g/mol. The van der Waals surface area contributed by atoms with Crippen LogP contribution in [-0.2, 0) is 4.79 Å². The van der Waals surface area contributed by atoms with Crippen molar-refractivity contribution in [2.75, 3.05) is 13.1 Å². The zero-order valence-electron chi connectivity index (χ0n) is 7.13. The van der Waals surface area contributed by atoms with Gasteiger partial charge in [-0.15, -0.1) is 0 Å². The van der Waals surface area contributed by atoms with Gasteiger partial charge in [0, 0.05) is 13.1 Å². The Morgan fingerprint density at radius 1 is 1.55 bits per heavy atom. The zero-order chi connectivity index (χ0) is 8.85. The molecule has 0 aliphatic heterocycles. The Hall–Kier alpha value is -0.990. The fraction of sp³-hybridized carbons (Fsp3) is 0.625. The molecule has 1 N–H and O–H groups in total. The van der Waals surface area contributed by atoms with E-state index in [-0.39, 0.29) is 11.7 Å². The number of nitrogens with zero attached hydrogens (tertiary/aromatic N) is 1. The molecule has 0 atom stereocenters. The zero-order valence-corrected chi connectivity index (χ0v) is 7.13. The van der Waals surface area contributed by atoms with Crippen LogP contribution in [-0.4, -0.2) is 29.0 Å². The van der Waals surface area contributed by atoms with E-state index in [0.29, 0.717) is 13.1 Å². The van der Waals surface area contributed by atoms with Crippen LogP contribution in [0.25, 0.3) is 0 Å². The van der Waals surface area contributed by atoms with Crippen LogP contribution in [0, 0.1) is 0 Å². The summed E-state index contributed by atoms with van der Waals surface area (Å²) in [5.41, 5.74) is 0. The third-order valence-corrected chi connectivity index (χ3v) is 1.41. The smallest absolute Gasteiger partial charge is 0.288 e. The standard InChI is InChI=1S/C8H15NO2/c1-4-6-9(5-2)8(11)7(3)10/h10H,3-6H2,1-2H3. The van der Waals surface area contributed by atoms with Gasteiger partial charge in [-0.2, -0.15) is 0 Å². The van der Waals surface area contributed by atoms with Gasteiger partial charge in [0.2, 0.25) is 0 Å². The molecule has 0 aliphatic rings. The molecule has 0 aromatic rings. The highest BCUT2D eigenvalue weighted by Crippen LogP contribution is 1.97. The van der Waals surface area contributed by atoms with Crippen LogP contribution in [0.2, 0.25) is 0 Å². The van der Waals surface area contributed by atoms with Gasteiger partial charge < -0.3 is 10.0 Å². The number of hydrogen-bond donors (Lipinski definition) is 1. The first kappa shape index (κ1) is 10.0. The molecule has 0 unspecified atom stereocenters. The first-order valence-corrected chi connectivity index (χ1v) is 3.80. The Morgan fingerprint density at radius 2 is 2.09 bits per heavy atom. The predicted octanol–water partition coefficient (Wildman–Crippen LogP) is 1.32. The van der Waals surface area contributed by atoms with E-state index in [9.17, 15) is 4.79 Å². The Balaban J connectivity index is 4.02. The van der Waals surface area contributed by atoms with Gasteiger partial charge >= 0.3 is 0 Å². The van der Waals surface area contributed by atoms with Crippen molar-refractivity contribution in [2.24, 2.45) is 0 Å². The SMILES string of the molecule is C=C(O)C(=O)N(CC)CCC. The minimum absolute atomic E-state index is 0.366. The normalized spacial score (nSPS) is 9.27. The van der Waals surface area contributed by atoms with E-state index in [1.165, 1.54) is 0 Å². The van der Waals surface area contributed by atoms with E-state index in [2.05, 4.69) is 6.58 Å². The summed E-state index contributed by atoms with van der Waals surface area (Å²) in [5, 5.41) is 8.76. The first-order valence-electron chi connectivity index (χ1n) is 3.80. The molecule has 0 spiro atoms. The van der Waals surface area contributed by atoms with Crippen molar-refractivity contribution in [3.63, 3.8) is 0 Å². The molecule has 64 valence electrons. The molecule has 1 amide bonds. The van der Waals surface area contributed by atoms with Gasteiger partial charge in [0.15, 0.2) is 5.76 Å². The van der Waals surface area contributed by atoms with Gasteiger partial charge in [0.25, 0.3) is 5.91 Å². The van der Waals surface area contributed by atoms with Crippen molar-refractivity contribution in [1.82, 2.24) is 4.90 Å².